The highest BCUT2D eigenvalue weighted by Crippen LogP contribution is 2.17. The average molecular weight is 269 g/mol. The molecule has 0 aliphatic rings. The molecule has 2 aromatic rings. The van der Waals surface area contributed by atoms with E-state index < -0.39 is 0 Å². The Morgan fingerprint density at radius 2 is 2.05 bits per heavy atom. The molecule has 0 saturated carbocycles. The van der Waals surface area contributed by atoms with Gasteiger partial charge in [-0.3, -0.25) is 4.99 Å². The highest BCUT2D eigenvalue weighted by Gasteiger charge is 2.06. The molecule has 4 heteroatoms. The molecule has 0 atom stereocenters. The van der Waals surface area contributed by atoms with Crippen LogP contribution in [0.4, 0.5) is 5.69 Å². The summed E-state index contributed by atoms with van der Waals surface area (Å²) in [4.78, 5) is 15.9. The second kappa shape index (κ2) is 6.52. The zero-order valence-electron chi connectivity index (χ0n) is 11.1. The number of ether oxygens (including phenoxy) is 1. The number of phenolic OH excluding ortho intramolecular Hbond substituents is 1. The van der Waals surface area contributed by atoms with Crippen LogP contribution in [-0.2, 0) is 4.74 Å². The van der Waals surface area contributed by atoms with Gasteiger partial charge in [-0.15, -0.1) is 0 Å². The molecule has 2 aromatic carbocycles. The first-order valence-corrected chi connectivity index (χ1v) is 6.30. The van der Waals surface area contributed by atoms with Crippen molar-refractivity contribution in [1.82, 2.24) is 0 Å². The summed E-state index contributed by atoms with van der Waals surface area (Å²) in [6.45, 7) is 2.10. The molecule has 4 nitrogen and oxygen atoms in total. The van der Waals surface area contributed by atoms with Crippen molar-refractivity contribution in [3.8, 4) is 5.75 Å². The fraction of sp³-hybridized carbons (Fsp3) is 0.125. The van der Waals surface area contributed by atoms with E-state index in [2.05, 4.69) is 4.99 Å². The molecule has 0 spiro atoms. The minimum absolute atomic E-state index is 0.165. The molecule has 0 aromatic heterocycles. The lowest BCUT2D eigenvalue weighted by molar-refractivity contribution is 0.0526. The highest BCUT2D eigenvalue weighted by atomic mass is 16.5. The van der Waals surface area contributed by atoms with Gasteiger partial charge in [0.05, 0.1) is 17.9 Å². The molecular weight excluding hydrogens is 254 g/mol. The van der Waals surface area contributed by atoms with E-state index in [0.717, 1.165) is 0 Å². The van der Waals surface area contributed by atoms with Gasteiger partial charge in [0.2, 0.25) is 0 Å². The monoisotopic (exact) mass is 269 g/mol. The van der Waals surface area contributed by atoms with Gasteiger partial charge in [-0.1, -0.05) is 18.2 Å². The predicted molar refractivity (Wildman–Crippen MR) is 77.8 cm³/mol. The average Bonchev–Trinajstić information content (AvgIpc) is 2.47. The summed E-state index contributed by atoms with van der Waals surface area (Å²) >= 11 is 0. The van der Waals surface area contributed by atoms with Crippen molar-refractivity contribution in [3.05, 3.63) is 59.7 Å². The van der Waals surface area contributed by atoms with Gasteiger partial charge in [-0.05, 0) is 37.3 Å². The third-order valence-electron chi connectivity index (χ3n) is 2.65. The summed E-state index contributed by atoms with van der Waals surface area (Å²) in [6.07, 6.45) is 1.56. The van der Waals surface area contributed by atoms with Crippen LogP contribution in [0.25, 0.3) is 0 Å². The van der Waals surface area contributed by atoms with E-state index in [1.165, 1.54) is 0 Å². The number of esters is 1. The van der Waals surface area contributed by atoms with Crippen molar-refractivity contribution >= 4 is 17.9 Å². The number of phenols is 1. The number of aromatic hydroxyl groups is 1. The van der Waals surface area contributed by atoms with E-state index >= 15 is 0 Å². The van der Waals surface area contributed by atoms with Crippen LogP contribution in [0.1, 0.15) is 22.8 Å². The van der Waals surface area contributed by atoms with Gasteiger partial charge in [0, 0.05) is 11.8 Å². The maximum atomic E-state index is 11.6. The number of hydrogen-bond donors (Lipinski definition) is 1. The van der Waals surface area contributed by atoms with Crippen LogP contribution >= 0.6 is 0 Å². The van der Waals surface area contributed by atoms with Gasteiger partial charge in [0.25, 0.3) is 0 Å². The molecule has 0 bridgehead atoms. The summed E-state index contributed by atoms with van der Waals surface area (Å²) in [5.41, 5.74) is 1.70. The summed E-state index contributed by atoms with van der Waals surface area (Å²) in [5, 5.41) is 9.64. The van der Waals surface area contributed by atoms with Crippen molar-refractivity contribution in [2.75, 3.05) is 6.61 Å². The first-order chi connectivity index (χ1) is 9.70. The number of hydrogen-bond acceptors (Lipinski definition) is 4. The zero-order valence-corrected chi connectivity index (χ0v) is 11.1. The summed E-state index contributed by atoms with van der Waals surface area (Å²) < 4.78 is 4.93. The summed E-state index contributed by atoms with van der Waals surface area (Å²) in [6, 6.07) is 13.8. The van der Waals surface area contributed by atoms with Crippen LogP contribution in [-0.4, -0.2) is 23.9 Å². The number of nitrogens with zero attached hydrogens (tertiary/aromatic N) is 1. The van der Waals surface area contributed by atoms with E-state index in [9.17, 15) is 9.90 Å². The summed E-state index contributed by atoms with van der Waals surface area (Å²) in [7, 11) is 0. The Morgan fingerprint density at radius 1 is 1.25 bits per heavy atom. The first kappa shape index (κ1) is 13.8. The number of rotatable bonds is 4. The molecule has 20 heavy (non-hydrogen) atoms. The fourth-order valence-electron chi connectivity index (χ4n) is 1.67. The molecular formula is C16H15NO3. The van der Waals surface area contributed by atoms with Gasteiger partial charge in [-0.2, -0.15) is 0 Å². The van der Waals surface area contributed by atoms with Crippen molar-refractivity contribution < 1.29 is 14.6 Å². The molecule has 102 valence electrons. The van der Waals surface area contributed by atoms with E-state index in [-0.39, 0.29) is 11.7 Å². The molecule has 0 radical (unpaired) electrons. The Balaban J connectivity index is 2.20. The quantitative estimate of drug-likeness (QED) is 0.684. The maximum Gasteiger partial charge on any atom is 0.338 e. The zero-order chi connectivity index (χ0) is 14.4. The van der Waals surface area contributed by atoms with E-state index in [4.69, 9.17) is 4.74 Å². The molecule has 0 amide bonds. The maximum absolute atomic E-state index is 11.6. The molecule has 0 unspecified atom stereocenters. The minimum Gasteiger partial charge on any atom is -0.507 e. The lowest BCUT2D eigenvalue weighted by atomic mass is 10.2. The predicted octanol–water partition coefficient (Wildman–Crippen LogP) is 3.32. The normalized spacial score (nSPS) is 10.7. The van der Waals surface area contributed by atoms with Gasteiger partial charge < -0.3 is 9.84 Å². The number of aliphatic imine (C=N–C) groups is 1. The van der Waals surface area contributed by atoms with Gasteiger partial charge in [0.1, 0.15) is 5.75 Å². The number of carbonyl (C=O) groups is 1. The highest BCUT2D eigenvalue weighted by molar-refractivity contribution is 5.91. The minimum atomic E-state index is -0.368. The van der Waals surface area contributed by atoms with Crippen LogP contribution in [0.3, 0.4) is 0 Å². The third kappa shape index (κ3) is 3.45. The Bertz CT molecular complexity index is 635. The van der Waals surface area contributed by atoms with Gasteiger partial charge in [-0.25, -0.2) is 4.79 Å². The molecule has 0 aliphatic carbocycles. The van der Waals surface area contributed by atoms with Crippen molar-refractivity contribution in [2.24, 2.45) is 4.99 Å². The third-order valence-corrected chi connectivity index (χ3v) is 2.65. The largest absolute Gasteiger partial charge is 0.507 e. The number of benzene rings is 2. The Labute approximate surface area is 117 Å². The lowest BCUT2D eigenvalue weighted by Crippen LogP contribution is -2.03. The van der Waals surface area contributed by atoms with Crippen LogP contribution in [0.15, 0.2) is 53.5 Å². The summed E-state index contributed by atoms with van der Waals surface area (Å²) in [5.74, 6) is -0.204. The van der Waals surface area contributed by atoms with Gasteiger partial charge >= 0.3 is 5.97 Å². The SMILES string of the molecule is CCOC(=O)c1cccc(N=Cc2ccccc2O)c1. The second-order valence-electron chi connectivity index (χ2n) is 4.09. The fourth-order valence-corrected chi connectivity index (χ4v) is 1.67. The molecule has 1 N–H and O–H groups in total. The van der Waals surface area contributed by atoms with Gasteiger partial charge in [0.15, 0.2) is 0 Å². The smallest absolute Gasteiger partial charge is 0.338 e. The van der Waals surface area contributed by atoms with Crippen LogP contribution in [0, 0.1) is 0 Å². The van der Waals surface area contributed by atoms with E-state index in [1.807, 2.05) is 6.07 Å². The van der Waals surface area contributed by atoms with Crippen molar-refractivity contribution in [2.45, 2.75) is 6.92 Å². The van der Waals surface area contributed by atoms with Crippen molar-refractivity contribution in [3.63, 3.8) is 0 Å². The van der Waals surface area contributed by atoms with E-state index in [0.29, 0.717) is 23.4 Å². The molecule has 2 rings (SSSR count). The Kier molecular flexibility index (Phi) is 4.50. The van der Waals surface area contributed by atoms with E-state index in [1.54, 1.807) is 55.6 Å². The second-order valence-corrected chi connectivity index (χ2v) is 4.09. The molecule has 0 fully saturated rings. The number of carbonyl (C=O) groups excluding carboxylic acids is 1. The Morgan fingerprint density at radius 3 is 2.80 bits per heavy atom. The number of para-hydroxylation sites is 1. The molecule has 0 heterocycles. The topological polar surface area (TPSA) is 58.9 Å². The van der Waals surface area contributed by atoms with Crippen LogP contribution in [0.2, 0.25) is 0 Å². The first-order valence-electron chi connectivity index (χ1n) is 6.30. The lowest BCUT2D eigenvalue weighted by Gasteiger charge is -2.02. The molecule has 0 saturated heterocycles. The Hall–Kier alpha value is -2.62. The standard InChI is InChI=1S/C16H15NO3/c1-2-20-16(19)12-7-5-8-14(10-12)17-11-13-6-3-4-9-15(13)18/h3-11,18H,2H2,1H3. The molecule has 0 aliphatic heterocycles. The van der Waals surface area contributed by atoms with Crippen molar-refractivity contribution in [1.29, 1.82) is 0 Å². The van der Waals surface area contributed by atoms with Crippen LogP contribution < -0.4 is 0 Å². The van der Waals surface area contributed by atoms with Crippen LogP contribution in [0.5, 0.6) is 5.75 Å².